The molecule has 1 N–H and O–H groups in total. The smallest absolute Gasteiger partial charge is 0.0296 e. The lowest BCUT2D eigenvalue weighted by atomic mass is 9.81. The zero-order valence-electron chi connectivity index (χ0n) is 12.3. The van der Waals surface area contributed by atoms with Gasteiger partial charge in [-0.25, -0.2) is 0 Å². The largest absolute Gasteiger partial charge is 0.308 e. The maximum atomic E-state index is 3.76. The van der Waals surface area contributed by atoms with Gasteiger partial charge in [0, 0.05) is 12.1 Å². The van der Waals surface area contributed by atoms with Crippen LogP contribution in [0.1, 0.15) is 62.3 Å². The standard InChI is InChI=1S/C17H27N/c1-12-8-9-17(13(2)10-12)15(4)18-14(3)11-16-6-5-7-16/h8-10,14-16,18H,5-7,11H2,1-4H3. The first-order chi connectivity index (χ1) is 8.56. The highest BCUT2D eigenvalue weighted by Gasteiger charge is 2.21. The van der Waals surface area contributed by atoms with Crippen LogP contribution in [-0.4, -0.2) is 6.04 Å². The van der Waals surface area contributed by atoms with Gasteiger partial charge in [-0.05, 0) is 51.2 Å². The van der Waals surface area contributed by atoms with Gasteiger partial charge in [-0.15, -0.1) is 0 Å². The molecule has 0 radical (unpaired) electrons. The Morgan fingerprint density at radius 1 is 1.22 bits per heavy atom. The summed E-state index contributed by atoms with van der Waals surface area (Å²) < 4.78 is 0. The predicted molar refractivity (Wildman–Crippen MR) is 78.9 cm³/mol. The van der Waals surface area contributed by atoms with Gasteiger partial charge >= 0.3 is 0 Å². The summed E-state index contributed by atoms with van der Waals surface area (Å²) in [5.41, 5.74) is 4.21. The van der Waals surface area contributed by atoms with Crippen LogP contribution in [-0.2, 0) is 0 Å². The maximum Gasteiger partial charge on any atom is 0.0296 e. The maximum absolute atomic E-state index is 3.76. The Balaban J connectivity index is 1.91. The highest BCUT2D eigenvalue weighted by atomic mass is 14.9. The van der Waals surface area contributed by atoms with Crippen LogP contribution >= 0.6 is 0 Å². The summed E-state index contributed by atoms with van der Waals surface area (Å²) in [6, 6.07) is 7.87. The van der Waals surface area contributed by atoms with E-state index < -0.39 is 0 Å². The first kappa shape index (κ1) is 13.6. The molecule has 0 spiro atoms. The molecular weight excluding hydrogens is 218 g/mol. The van der Waals surface area contributed by atoms with Crippen molar-refractivity contribution in [2.75, 3.05) is 0 Å². The van der Waals surface area contributed by atoms with Crippen LogP contribution in [0.5, 0.6) is 0 Å². The average molecular weight is 245 g/mol. The summed E-state index contributed by atoms with van der Waals surface area (Å²) >= 11 is 0. The van der Waals surface area contributed by atoms with Crippen molar-refractivity contribution in [3.8, 4) is 0 Å². The molecule has 0 bridgehead atoms. The lowest BCUT2D eigenvalue weighted by Gasteiger charge is -2.30. The molecule has 0 saturated heterocycles. The molecule has 1 fully saturated rings. The monoisotopic (exact) mass is 245 g/mol. The fraction of sp³-hybridized carbons (Fsp3) is 0.647. The van der Waals surface area contributed by atoms with Gasteiger partial charge < -0.3 is 5.32 Å². The van der Waals surface area contributed by atoms with E-state index in [1.165, 1.54) is 42.4 Å². The number of benzene rings is 1. The molecule has 1 saturated carbocycles. The molecule has 0 amide bonds. The van der Waals surface area contributed by atoms with E-state index in [0.717, 1.165) is 5.92 Å². The first-order valence-corrected chi connectivity index (χ1v) is 7.39. The predicted octanol–water partition coefficient (Wildman–Crippen LogP) is 4.53. The van der Waals surface area contributed by atoms with Crippen LogP contribution in [0.2, 0.25) is 0 Å². The van der Waals surface area contributed by atoms with Crippen molar-refractivity contribution >= 4 is 0 Å². The number of nitrogens with one attached hydrogen (secondary N) is 1. The molecule has 1 aliphatic rings. The summed E-state index contributed by atoms with van der Waals surface area (Å²) in [4.78, 5) is 0. The van der Waals surface area contributed by atoms with Gasteiger partial charge in [0.05, 0.1) is 0 Å². The molecule has 100 valence electrons. The molecule has 1 heteroatoms. The minimum Gasteiger partial charge on any atom is -0.308 e. The van der Waals surface area contributed by atoms with E-state index in [4.69, 9.17) is 0 Å². The van der Waals surface area contributed by atoms with Crippen molar-refractivity contribution in [3.63, 3.8) is 0 Å². The van der Waals surface area contributed by atoms with Gasteiger partial charge in [0.25, 0.3) is 0 Å². The molecule has 2 atom stereocenters. The second-order valence-electron chi connectivity index (χ2n) is 6.18. The zero-order valence-corrected chi connectivity index (χ0v) is 12.3. The molecule has 1 aromatic carbocycles. The first-order valence-electron chi connectivity index (χ1n) is 7.39. The number of rotatable bonds is 5. The molecular formula is C17H27N. The third kappa shape index (κ3) is 3.35. The second kappa shape index (κ2) is 5.88. The highest BCUT2D eigenvalue weighted by Crippen LogP contribution is 2.31. The van der Waals surface area contributed by atoms with Gasteiger partial charge in [0.15, 0.2) is 0 Å². The SMILES string of the molecule is Cc1ccc(C(C)NC(C)CC2CCC2)c(C)c1. The Hall–Kier alpha value is -0.820. The summed E-state index contributed by atoms with van der Waals surface area (Å²) in [6.45, 7) is 9.00. The molecule has 1 aliphatic carbocycles. The Labute approximate surface area is 112 Å². The van der Waals surface area contributed by atoms with Gasteiger partial charge in [0.2, 0.25) is 0 Å². The van der Waals surface area contributed by atoms with Crippen molar-refractivity contribution < 1.29 is 0 Å². The minimum absolute atomic E-state index is 0.459. The fourth-order valence-corrected chi connectivity index (χ4v) is 3.12. The normalized spacial score (nSPS) is 19.3. The number of hydrogen-bond donors (Lipinski definition) is 1. The fourth-order valence-electron chi connectivity index (χ4n) is 3.12. The van der Waals surface area contributed by atoms with E-state index in [1.54, 1.807) is 0 Å². The molecule has 1 nitrogen and oxygen atoms in total. The summed E-state index contributed by atoms with van der Waals surface area (Å²) in [5.74, 6) is 0.985. The molecule has 0 aliphatic heterocycles. The van der Waals surface area contributed by atoms with Crippen LogP contribution in [0, 0.1) is 19.8 Å². The average Bonchev–Trinajstić information content (AvgIpc) is 2.23. The lowest BCUT2D eigenvalue weighted by Crippen LogP contribution is -2.32. The van der Waals surface area contributed by atoms with Crippen molar-refractivity contribution in [2.24, 2.45) is 5.92 Å². The molecule has 2 unspecified atom stereocenters. The molecule has 2 rings (SSSR count). The van der Waals surface area contributed by atoms with Crippen molar-refractivity contribution in [1.29, 1.82) is 0 Å². The van der Waals surface area contributed by atoms with Crippen LogP contribution in [0.15, 0.2) is 18.2 Å². The van der Waals surface area contributed by atoms with E-state index in [2.05, 4.69) is 51.2 Å². The molecule has 0 aromatic heterocycles. The minimum atomic E-state index is 0.459. The Morgan fingerprint density at radius 3 is 2.50 bits per heavy atom. The van der Waals surface area contributed by atoms with E-state index >= 15 is 0 Å². The highest BCUT2D eigenvalue weighted by molar-refractivity contribution is 5.32. The summed E-state index contributed by atoms with van der Waals surface area (Å²) in [7, 11) is 0. The van der Waals surface area contributed by atoms with Crippen LogP contribution in [0.4, 0.5) is 0 Å². The van der Waals surface area contributed by atoms with Crippen LogP contribution < -0.4 is 5.32 Å². The van der Waals surface area contributed by atoms with E-state index in [1.807, 2.05) is 0 Å². The van der Waals surface area contributed by atoms with E-state index in [0.29, 0.717) is 12.1 Å². The number of hydrogen-bond acceptors (Lipinski definition) is 1. The van der Waals surface area contributed by atoms with Gasteiger partial charge in [-0.1, -0.05) is 43.0 Å². The number of aryl methyl sites for hydroxylation is 2. The zero-order chi connectivity index (χ0) is 13.1. The van der Waals surface area contributed by atoms with Crippen molar-refractivity contribution in [1.82, 2.24) is 5.32 Å². The topological polar surface area (TPSA) is 12.0 Å². The van der Waals surface area contributed by atoms with Gasteiger partial charge in [-0.3, -0.25) is 0 Å². The lowest BCUT2D eigenvalue weighted by molar-refractivity contribution is 0.259. The summed E-state index contributed by atoms with van der Waals surface area (Å²) in [5, 5.41) is 3.76. The van der Waals surface area contributed by atoms with Gasteiger partial charge in [-0.2, -0.15) is 0 Å². The van der Waals surface area contributed by atoms with Crippen LogP contribution in [0.25, 0.3) is 0 Å². The van der Waals surface area contributed by atoms with Gasteiger partial charge in [0.1, 0.15) is 0 Å². The van der Waals surface area contributed by atoms with Crippen molar-refractivity contribution in [3.05, 3.63) is 34.9 Å². The van der Waals surface area contributed by atoms with E-state index in [-0.39, 0.29) is 0 Å². The Bertz CT molecular complexity index is 393. The second-order valence-corrected chi connectivity index (χ2v) is 6.18. The van der Waals surface area contributed by atoms with E-state index in [9.17, 15) is 0 Å². The van der Waals surface area contributed by atoms with Crippen molar-refractivity contribution in [2.45, 2.75) is 65.5 Å². The Morgan fingerprint density at radius 2 is 1.94 bits per heavy atom. The molecule has 1 aromatic rings. The molecule has 0 heterocycles. The summed E-state index contributed by atoms with van der Waals surface area (Å²) in [6.07, 6.45) is 5.69. The molecule has 18 heavy (non-hydrogen) atoms. The van der Waals surface area contributed by atoms with Crippen LogP contribution in [0.3, 0.4) is 0 Å². The third-order valence-corrected chi connectivity index (χ3v) is 4.34. The quantitative estimate of drug-likeness (QED) is 0.803. The third-order valence-electron chi connectivity index (χ3n) is 4.34. The Kier molecular flexibility index (Phi) is 4.45.